The van der Waals surface area contributed by atoms with Crippen molar-refractivity contribution >= 4 is 84.6 Å². The number of ether oxygens (including phenoxy) is 1. The highest BCUT2D eigenvalue weighted by Crippen LogP contribution is 2.35. The number of nitrogens with zero attached hydrogens (tertiary/aromatic N) is 2. The second-order valence-corrected chi connectivity index (χ2v) is 10.6. The summed E-state index contributed by atoms with van der Waals surface area (Å²) in [5.41, 5.74) is 5.02. The first-order valence-corrected chi connectivity index (χ1v) is 13.0. The Morgan fingerprint density at radius 3 is 2.73 bits per heavy atom. The van der Waals surface area contributed by atoms with Crippen LogP contribution >= 0.6 is 62.2 Å². The number of rotatable bonds is 8. The quantitative estimate of drug-likeness (QED) is 0.136. The zero-order valence-electron chi connectivity index (χ0n) is 16.9. The summed E-state index contributed by atoms with van der Waals surface area (Å²) in [7, 11) is 0. The molecule has 0 unspecified atom stereocenters. The summed E-state index contributed by atoms with van der Waals surface area (Å²) >= 11 is 19.0. The normalized spacial score (nSPS) is 11.2. The summed E-state index contributed by atoms with van der Waals surface area (Å²) in [6.45, 7) is 0.286. The number of nitrogens with one attached hydrogen (secondary N) is 1. The minimum absolute atomic E-state index is 0.219. The van der Waals surface area contributed by atoms with Gasteiger partial charge in [-0.2, -0.15) is 5.10 Å². The van der Waals surface area contributed by atoms with Gasteiger partial charge in [0.25, 0.3) is 5.91 Å². The van der Waals surface area contributed by atoms with Crippen LogP contribution in [-0.2, 0) is 11.4 Å². The highest BCUT2D eigenvalue weighted by molar-refractivity contribution is 9.10. The van der Waals surface area contributed by atoms with E-state index in [-0.39, 0.29) is 18.3 Å². The fourth-order valence-electron chi connectivity index (χ4n) is 2.81. The number of para-hydroxylation sites is 1. The van der Waals surface area contributed by atoms with Crippen LogP contribution in [0.25, 0.3) is 10.2 Å². The number of halogens is 3. The van der Waals surface area contributed by atoms with Crippen LogP contribution in [0.15, 0.2) is 74.6 Å². The molecule has 33 heavy (non-hydrogen) atoms. The van der Waals surface area contributed by atoms with Crippen molar-refractivity contribution in [2.24, 2.45) is 5.10 Å². The molecule has 0 spiro atoms. The Morgan fingerprint density at radius 2 is 1.94 bits per heavy atom. The van der Waals surface area contributed by atoms with Gasteiger partial charge in [-0.25, -0.2) is 10.4 Å². The lowest BCUT2D eigenvalue weighted by Crippen LogP contribution is -2.19. The maximum absolute atomic E-state index is 12.1. The minimum Gasteiger partial charge on any atom is -0.486 e. The van der Waals surface area contributed by atoms with Crippen LogP contribution in [0.5, 0.6) is 5.75 Å². The van der Waals surface area contributed by atoms with Crippen molar-refractivity contribution in [1.29, 1.82) is 0 Å². The smallest absolute Gasteiger partial charge is 0.250 e. The topological polar surface area (TPSA) is 63.6 Å². The van der Waals surface area contributed by atoms with Crippen LogP contribution in [0, 0.1) is 0 Å². The lowest BCUT2D eigenvalue weighted by molar-refractivity contribution is -0.118. The Bertz CT molecular complexity index is 1270. The first-order valence-electron chi connectivity index (χ1n) is 9.65. The van der Waals surface area contributed by atoms with Crippen LogP contribution in [0.3, 0.4) is 0 Å². The molecule has 0 atom stereocenters. The predicted octanol–water partition coefficient (Wildman–Crippen LogP) is 7.19. The second-order valence-electron chi connectivity index (χ2n) is 6.72. The van der Waals surface area contributed by atoms with Crippen LogP contribution < -0.4 is 10.2 Å². The summed E-state index contributed by atoms with van der Waals surface area (Å²) in [5, 5.41) is 5.06. The van der Waals surface area contributed by atoms with E-state index in [9.17, 15) is 4.79 Å². The van der Waals surface area contributed by atoms with Crippen LogP contribution in [0.4, 0.5) is 0 Å². The van der Waals surface area contributed by atoms with Crippen molar-refractivity contribution in [2.45, 2.75) is 10.9 Å². The number of amides is 1. The van der Waals surface area contributed by atoms with E-state index in [4.69, 9.17) is 27.9 Å². The summed E-state index contributed by atoms with van der Waals surface area (Å²) in [6, 6.07) is 18.9. The molecule has 1 aromatic heterocycles. The number of carbonyl (C=O) groups is 1. The van der Waals surface area contributed by atoms with Crippen molar-refractivity contribution < 1.29 is 9.53 Å². The molecule has 0 fully saturated rings. The van der Waals surface area contributed by atoms with E-state index < -0.39 is 0 Å². The average molecular weight is 581 g/mol. The molecule has 4 aromatic rings. The Balaban J connectivity index is 1.31. The molecule has 0 aliphatic carbocycles. The molecule has 0 bridgehead atoms. The van der Waals surface area contributed by atoms with E-state index in [0.29, 0.717) is 25.8 Å². The zero-order chi connectivity index (χ0) is 23.2. The molecule has 0 aliphatic rings. The van der Waals surface area contributed by atoms with Gasteiger partial charge in [0.15, 0.2) is 10.1 Å². The van der Waals surface area contributed by atoms with Crippen molar-refractivity contribution in [3.05, 3.63) is 86.3 Å². The summed E-state index contributed by atoms with van der Waals surface area (Å²) in [4.78, 5) is 16.6. The highest BCUT2D eigenvalue weighted by Gasteiger charge is 2.11. The van der Waals surface area contributed by atoms with Gasteiger partial charge in [0.05, 0.1) is 31.7 Å². The number of aromatic nitrogens is 1. The Kier molecular flexibility index (Phi) is 8.27. The maximum atomic E-state index is 12.1. The third-order valence-electron chi connectivity index (χ3n) is 4.35. The highest BCUT2D eigenvalue weighted by atomic mass is 79.9. The maximum Gasteiger partial charge on any atom is 0.250 e. The predicted molar refractivity (Wildman–Crippen MR) is 141 cm³/mol. The number of fused-ring (bicyclic) bond motifs is 1. The van der Waals surface area contributed by atoms with E-state index >= 15 is 0 Å². The molecular formula is C23H16BrCl2N3O2S2. The molecule has 4 rings (SSSR count). The van der Waals surface area contributed by atoms with Crippen molar-refractivity contribution in [2.75, 3.05) is 5.75 Å². The van der Waals surface area contributed by atoms with Crippen LogP contribution in [0.1, 0.15) is 11.1 Å². The molecule has 5 nitrogen and oxygen atoms in total. The van der Waals surface area contributed by atoms with Gasteiger partial charge in [-0.05, 0) is 51.8 Å². The minimum atomic E-state index is -0.222. The molecule has 1 N–H and O–H groups in total. The number of hydrogen-bond donors (Lipinski definition) is 1. The third kappa shape index (κ3) is 6.49. The number of carbonyl (C=O) groups excluding carboxylic acids is 1. The van der Waals surface area contributed by atoms with Crippen LogP contribution in [0.2, 0.25) is 10.0 Å². The third-order valence-corrected chi connectivity index (χ3v) is 7.77. The first kappa shape index (κ1) is 24.0. The van der Waals surface area contributed by atoms with Crippen molar-refractivity contribution in [1.82, 2.24) is 10.4 Å². The SMILES string of the molecule is O=C(CSc1nc2ccccc2s1)N/N=C\c1cc(Cl)c(OCc2ccccc2Cl)c(Br)c1. The molecule has 10 heteroatoms. The Labute approximate surface area is 217 Å². The number of thiazole rings is 1. The van der Waals surface area contributed by atoms with E-state index in [1.165, 1.54) is 18.0 Å². The molecule has 3 aromatic carbocycles. The summed E-state index contributed by atoms with van der Waals surface area (Å²) < 4.78 is 8.45. The number of hydrogen-bond acceptors (Lipinski definition) is 6. The summed E-state index contributed by atoms with van der Waals surface area (Å²) in [6.07, 6.45) is 1.52. The van der Waals surface area contributed by atoms with Crippen LogP contribution in [-0.4, -0.2) is 22.9 Å². The van der Waals surface area contributed by atoms with E-state index in [2.05, 4.69) is 31.4 Å². The lowest BCUT2D eigenvalue weighted by atomic mass is 10.2. The van der Waals surface area contributed by atoms with Gasteiger partial charge in [0.1, 0.15) is 6.61 Å². The van der Waals surface area contributed by atoms with Gasteiger partial charge in [0, 0.05) is 10.6 Å². The largest absolute Gasteiger partial charge is 0.486 e. The summed E-state index contributed by atoms with van der Waals surface area (Å²) in [5.74, 6) is 0.501. The van der Waals surface area contributed by atoms with Gasteiger partial charge in [-0.1, -0.05) is 65.3 Å². The van der Waals surface area contributed by atoms with Crippen molar-refractivity contribution in [3.8, 4) is 5.75 Å². The molecule has 0 radical (unpaired) electrons. The first-order chi connectivity index (χ1) is 16.0. The van der Waals surface area contributed by atoms with Gasteiger partial charge in [0.2, 0.25) is 0 Å². The molecule has 0 saturated carbocycles. The van der Waals surface area contributed by atoms with Gasteiger partial charge < -0.3 is 4.74 Å². The van der Waals surface area contributed by atoms with Gasteiger partial charge in [-0.3, -0.25) is 4.79 Å². The Hall–Kier alpha value is -2.10. The monoisotopic (exact) mass is 579 g/mol. The number of benzene rings is 3. The van der Waals surface area contributed by atoms with E-state index in [1.54, 1.807) is 23.5 Å². The standard InChI is InChI=1S/C23H16BrCl2N3O2S2/c24-16-9-14(10-18(26)22(16)31-12-15-5-1-2-6-17(15)25)11-27-29-21(30)13-32-23-28-19-7-3-4-8-20(19)33-23/h1-11H,12-13H2,(H,29,30)/b27-11-. The second kappa shape index (κ2) is 11.4. The van der Waals surface area contributed by atoms with Crippen molar-refractivity contribution in [3.63, 3.8) is 0 Å². The molecule has 1 heterocycles. The fraction of sp³-hybridized carbons (Fsp3) is 0.0870. The number of thioether (sulfide) groups is 1. The van der Waals surface area contributed by atoms with E-state index in [1.807, 2.05) is 48.5 Å². The van der Waals surface area contributed by atoms with Gasteiger partial charge in [-0.15, -0.1) is 11.3 Å². The molecular weight excluding hydrogens is 565 g/mol. The molecule has 0 aliphatic heterocycles. The average Bonchev–Trinajstić information content (AvgIpc) is 3.21. The van der Waals surface area contributed by atoms with E-state index in [0.717, 1.165) is 20.1 Å². The fourth-order valence-corrected chi connectivity index (χ4v) is 5.85. The zero-order valence-corrected chi connectivity index (χ0v) is 21.7. The Morgan fingerprint density at radius 1 is 1.15 bits per heavy atom. The van der Waals surface area contributed by atoms with Gasteiger partial charge >= 0.3 is 0 Å². The lowest BCUT2D eigenvalue weighted by Gasteiger charge is -2.12. The number of hydrazone groups is 1. The molecule has 1 amide bonds. The molecule has 0 saturated heterocycles. The molecule has 168 valence electrons.